The molecule has 0 saturated carbocycles. The van der Waals surface area contributed by atoms with Crippen LogP contribution >= 0.6 is 0 Å². The molecule has 22 heavy (non-hydrogen) atoms. The molecule has 1 unspecified atom stereocenters. The first-order chi connectivity index (χ1) is 10.3. The zero-order valence-corrected chi connectivity index (χ0v) is 14.1. The zero-order valence-electron chi connectivity index (χ0n) is 14.1. The summed E-state index contributed by atoms with van der Waals surface area (Å²) in [7, 11) is 0. The first-order valence-electron chi connectivity index (χ1n) is 7.71. The van der Waals surface area contributed by atoms with E-state index in [0.717, 1.165) is 5.56 Å². The molecule has 0 saturated heterocycles. The molecule has 0 radical (unpaired) electrons. The fourth-order valence-corrected chi connectivity index (χ4v) is 2.01. The van der Waals surface area contributed by atoms with E-state index in [1.807, 2.05) is 45.9 Å². The van der Waals surface area contributed by atoms with Crippen molar-refractivity contribution in [2.24, 2.45) is 5.73 Å². The van der Waals surface area contributed by atoms with Crippen LogP contribution in [0.25, 0.3) is 0 Å². The molecule has 5 heteroatoms. The van der Waals surface area contributed by atoms with Gasteiger partial charge in [0, 0.05) is 12.1 Å². The van der Waals surface area contributed by atoms with E-state index in [9.17, 15) is 4.79 Å². The van der Waals surface area contributed by atoms with Crippen molar-refractivity contribution in [2.75, 3.05) is 6.61 Å². The average molecular weight is 309 g/mol. The van der Waals surface area contributed by atoms with Gasteiger partial charge in [0.15, 0.2) is 0 Å². The van der Waals surface area contributed by atoms with Gasteiger partial charge in [-0.1, -0.05) is 0 Å². The van der Waals surface area contributed by atoms with Crippen molar-refractivity contribution in [2.45, 2.75) is 59.3 Å². The number of rotatable bonds is 8. The summed E-state index contributed by atoms with van der Waals surface area (Å²) in [5.41, 5.74) is 6.91. The summed E-state index contributed by atoms with van der Waals surface area (Å²) in [6.45, 7) is 9.93. The molecule has 1 rings (SSSR count). The third-order valence-corrected chi connectivity index (χ3v) is 2.77. The summed E-state index contributed by atoms with van der Waals surface area (Å²) in [5, 5.41) is 0. The van der Waals surface area contributed by atoms with E-state index < -0.39 is 6.04 Å². The minimum atomic E-state index is -0.454. The number of carbonyl (C=O) groups excluding carboxylic acids is 1. The lowest BCUT2D eigenvalue weighted by molar-refractivity contribution is -0.143. The van der Waals surface area contributed by atoms with Gasteiger partial charge in [-0.15, -0.1) is 0 Å². The Morgan fingerprint density at radius 1 is 1.05 bits per heavy atom. The maximum atomic E-state index is 11.6. The summed E-state index contributed by atoms with van der Waals surface area (Å²) in [6, 6.07) is 5.07. The highest BCUT2D eigenvalue weighted by Gasteiger charge is 2.15. The maximum Gasteiger partial charge on any atom is 0.307 e. The van der Waals surface area contributed by atoms with Gasteiger partial charge < -0.3 is 19.9 Å². The van der Waals surface area contributed by atoms with Crippen LogP contribution in [0.1, 0.15) is 52.6 Å². The Kier molecular flexibility index (Phi) is 7.18. The van der Waals surface area contributed by atoms with Crippen molar-refractivity contribution in [3.8, 4) is 11.5 Å². The molecule has 0 aliphatic heterocycles. The minimum absolute atomic E-state index is 0.0448. The molecule has 0 fully saturated rings. The Morgan fingerprint density at radius 3 is 1.95 bits per heavy atom. The van der Waals surface area contributed by atoms with Gasteiger partial charge in [0.25, 0.3) is 0 Å². The Hall–Kier alpha value is -1.75. The smallest absolute Gasteiger partial charge is 0.307 e. The first-order valence-corrected chi connectivity index (χ1v) is 7.71. The van der Waals surface area contributed by atoms with Crippen molar-refractivity contribution < 1.29 is 19.0 Å². The second-order valence-corrected chi connectivity index (χ2v) is 5.69. The number of nitrogens with two attached hydrogens (primary N) is 1. The topological polar surface area (TPSA) is 70.8 Å². The van der Waals surface area contributed by atoms with Crippen LogP contribution in [0.4, 0.5) is 0 Å². The number of hydrogen-bond donors (Lipinski definition) is 1. The second kappa shape index (κ2) is 8.63. The van der Waals surface area contributed by atoms with Gasteiger partial charge in [0.05, 0.1) is 25.2 Å². The van der Waals surface area contributed by atoms with E-state index in [4.69, 9.17) is 19.9 Å². The largest absolute Gasteiger partial charge is 0.491 e. The van der Waals surface area contributed by atoms with Crippen molar-refractivity contribution >= 4 is 5.97 Å². The molecule has 124 valence electrons. The number of carbonyl (C=O) groups is 1. The molecule has 0 aromatic heterocycles. The van der Waals surface area contributed by atoms with Crippen LogP contribution in [0.5, 0.6) is 11.5 Å². The monoisotopic (exact) mass is 309 g/mol. The molecule has 2 N–H and O–H groups in total. The predicted molar refractivity (Wildman–Crippen MR) is 86.1 cm³/mol. The number of hydrogen-bond acceptors (Lipinski definition) is 5. The molecule has 0 amide bonds. The predicted octanol–water partition coefficient (Wildman–Crippen LogP) is 3.21. The Bertz CT molecular complexity index is 457. The SMILES string of the molecule is CCOC(=O)CC(N)c1cc(OC(C)C)cc(OC(C)C)c1. The summed E-state index contributed by atoms with van der Waals surface area (Å²) in [5.74, 6) is 1.06. The Morgan fingerprint density at radius 2 is 1.55 bits per heavy atom. The minimum Gasteiger partial charge on any atom is -0.491 e. The standard InChI is InChI=1S/C17H27NO4/c1-6-20-17(19)10-16(18)13-7-14(21-11(2)3)9-15(8-13)22-12(4)5/h7-9,11-12,16H,6,10,18H2,1-5H3. The van der Waals surface area contributed by atoms with Gasteiger partial charge in [-0.25, -0.2) is 0 Å². The summed E-state index contributed by atoms with van der Waals surface area (Å²) in [6.07, 6.45) is 0.215. The molecule has 0 bridgehead atoms. The maximum absolute atomic E-state index is 11.6. The fourth-order valence-electron chi connectivity index (χ4n) is 2.01. The lowest BCUT2D eigenvalue weighted by Crippen LogP contribution is -2.18. The van der Waals surface area contributed by atoms with Crippen LogP contribution in [-0.2, 0) is 9.53 Å². The highest BCUT2D eigenvalue weighted by Crippen LogP contribution is 2.28. The van der Waals surface area contributed by atoms with Gasteiger partial charge in [-0.3, -0.25) is 4.79 Å². The third-order valence-electron chi connectivity index (χ3n) is 2.77. The molecule has 0 aliphatic carbocycles. The Labute approximate surface area is 132 Å². The summed E-state index contributed by atoms with van der Waals surface area (Å²) in [4.78, 5) is 11.6. The molecule has 0 heterocycles. The molecular weight excluding hydrogens is 282 g/mol. The second-order valence-electron chi connectivity index (χ2n) is 5.69. The Balaban J connectivity index is 2.97. The van der Waals surface area contributed by atoms with Crippen LogP contribution < -0.4 is 15.2 Å². The molecule has 5 nitrogen and oxygen atoms in total. The summed E-state index contributed by atoms with van der Waals surface area (Å²) >= 11 is 0. The van der Waals surface area contributed by atoms with Gasteiger partial charge >= 0.3 is 5.97 Å². The first kappa shape index (κ1) is 18.3. The lowest BCUT2D eigenvalue weighted by atomic mass is 10.0. The van der Waals surface area contributed by atoms with Gasteiger partial charge in [0.1, 0.15) is 11.5 Å². The molecular formula is C17H27NO4. The number of ether oxygens (including phenoxy) is 3. The van der Waals surface area contributed by atoms with Crippen molar-refractivity contribution in [3.05, 3.63) is 23.8 Å². The average Bonchev–Trinajstić information content (AvgIpc) is 2.36. The quantitative estimate of drug-likeness (QED) is 0.747. The summed E-state index contributed by atoms with van der Waals surface area (Å²) < 4.78 is 16.4. The van der Waals surface area contributed by atoms with Gasteiger partial charge in [-0.05, 0) is 52.3 Å². The molecule has 1 aromatic rings. The van der Waals surface area contributed by atoms with E-state index in [0.29, 0.717) is 18.1 Å². The molecule has 0 spiro atoms. The number of esters is 1. The van der Waals surface area contributed by atoms with Gasteiger partial charge in [0.2, 0.25) is 0 Å². The lowest BCUT2D eigenvalue weighted by Gasteiger charge is -2.18. The van der Waals surface area contributed by atoms with Crippen molar-refractivity contribution in [1.82, 2.24) is 0 Å². The van der Waals surface area contributed by atoms with Crippen molar-refractivity contribution in [3.63, 3.8) is 0 Å². The molecule has 1 atom stereocenters. The van der Waals surface area contributed by atoms with Gasteiger partial charge in [-0.2, -0.15) is 0 Å². The van der Waals surface area contributed by atoms with E-state index in [-0.39, 0.29) is 24.6 Å². The highest BCUT2D eigenvalue weighted by molar-refractivity contribution is 5.70. The van der Waals surface area contributed by atoms with Crippen LogP contribution in [0.3, 0.4) is 0 Å². The number of benzene rings is 1. The zero-order chi connectivity index (χ0) is 16.7. The van der Waals surface area contributed by atoms with Crippen LogP contribution in [0.2, 0.25) is 0 Å². The van der Waals surface area contributed by atoms with Crippen LogP contribution in [0.15, 0.2) is 18.2 Å². The molecule has 0 aliphatic rings. The third kappa shape index (κ3) is 6.35. The van der Waals surface area contributed by atoms with E-state index in [2.05, 4.69) is 0 Å². The van der Waals surface area contributed by atoms with E-state index >= 15 is 0 Å². The van der Waals surface area contributed by atoms with Crippen LogP contribution in [0, 0.1) is 0 Å². The van der Waals surface area contributed by atoms with Crippen molar-refractivity contribution in [1.29, 1.82) is 0 Å². The normalized spacial score (nSPS) is 12.4. The molecule has 1 aromatic carbocycles. The van der Waals surface area contributed by atoms with E-state index in [1.165, 1.54) is 0 Å². The van der Waals surface area contributed by atoms with E-state index in [1.54, 1.807) is 6.92 Å². The fraction of sp³-hybridized carbons (Fsp3) is 0.588. The van der Waals surface area contributed by atoms with Crippen LogP contribution in [-0.4, -0.2) is 24.8 Å². The highest BCUT2D eigenvalue weighted by atomic mass is 16.5.